The summed E-state index contributed by atoms with van der Waals surface area (Å²) in [7, 11) is 0. The summed E-state index contributed by atoms with van der Waals surface area (Å²) < 4.78 is 5.72. The van der Waals surface area contributed by atoms with Crippen LogP contribution in [-0.4, -0.2) is 41.5 Å². The van der Waals surface area contributed by atoms with Gasteiger partial charge >= 0.3 is 5.97 Å². The lowest BCUT2D eigenvalue weighted by Crippen LogP contribution is -2.40. The maximum atomic E-state index is 12.3. The zero-order valence-electron chi connectivity index (χ0n) is 11.3. The molecule has 0 spiro atoms. The number of hydrogen-bond donors (Lipinski definition) is 0. The van der Waals surface area contributed by atoms with E-state index in [1.165, 1.54) is 0 Å². The van der Waals surface area contributed by atoms with E-state index in [4.69, 9.17) is 4.74 Å². The van der Waals surface area contributed by atoms with Crippen LogP contribution in [0.25, 0.3) is 0 Å². The van der Waals surface area contributed by atoms with Crippen LogP contribution in [0.5, 0.6) is 0 Å². The molecule has 0 aromatic carbocycles. The highest BCUT2D eigenvalue weighted by Gasteiger charge is 2.28. The molecule has 1 amide bonds. The predicted octanol–water partition coefficient (Wildman–Crippen LogP) is 2.26. The molecule has 108 valence electrons. The van der Waals surface area contributed by atoms with Crippen LogP contribution in [-0.2, 0) is 9.53 Å². The number of piperidine rings is 1. The second-order valence-electron chi connectivity index (χ2n) is 4.69. The number of amides is 1. The summed E-state index contributed by atoms with van der Waals surface area (Å²) in [5, 5.41) is 0. The van der Waals surface area contributed by atoms with Crippen molar-refractivity contribution in [1.29, 1.82) is 0 Å². The Bertz CT molecular complexity index is 482. The first kappa shape index (κ1) is 15.0. The van der Waals surface area contributed by atoms with Crippen LogP contribution < -0.4 is 0 Å². The van der Waals surface area contributed by atoms with Crippen molar-refractivity contribution in [2.75, 3.05) is 19.7 Å². The summed E-state index contributed by atoms with van der Waals surface area (Å²) in [5.41, 5.74) is 0.572. The lowest BCUT2D eigenvalue weighted by molar-refractivity contribution is -0.149. The van der Waals surface area contributed by atoms with Crippen LogP contribution in [0.4, 0.5) is 0 Å². The van der Waals surface area contributed by atoms with Crippen molar-refractivity contribution in [2.24, 2.45) is 5.92 Å². The van der Waals surface area contributed by atoms with E-state index in [0.29, 0.717) is 42.7 Å². The second-order valence-corrected chi connectivity index (χ2v) is 5.50. The van der Waals surface area contributed by atoms with Gasteiger partial charge in [-0.25, -0.2) is 4.98 Å². The van der Waals surface area contributed by atoms with Crippen molar-refractivity contribution in [3.05, 3.63) is 28.5 Å². The molecule has 2 rings (SSSR count). The molecule has 0 saturated carbocycles. The Labute approximate surface area is 126 Å². The van der Waals surface area contributed by atoms with Crippen LogP contribution >= 0.6 is 15.9 Å². The SMILES string of the molecule is CCOC(=O)C1CCN(C(=O)c2ccc(Br)nc2)CC1. The minimum absolute atomic E-state index is 0.0349. The minimum atomic E-state index is -0.148. The number of halogens is 1. The van der Waals surface area contributed by atoms with Gasteiger partial charge in [0.05, 0.1) is 18.1 Å². The fraction of sp³-hybridized carbons (Fsp3) is 0.500. The molecule has 1 aromatic rings. The molecule has 0 atom stereocenters. The van der Waals surface area contributed by atoms with Gasteiger partial charge in [0.1, 0.15) is 4.60 Å². The molecule has 0 N–H and O–H groups in total. The highest BCUT2D eigenvalue weighted by molar-refractivity contribution is 9.10. The van der Waals surface area contributed by atoms with Gasteiger partial charge in [-0.1, -0.05) is 0 Å². The van der Waals surface area contributed by atoms with E-state index in [0.717, 1.165) is 0 Å². The Balaban J connectivity index is 1.92. The van der Waals surface area contributed by atoms with E-state index in [9.17, 15) is 9.59 Å². The second kappa shape index (κ2) is 6.83. The number of aromatic nitrogens is 1. The van der Waals surface area contributed by atoms with Gasteiger partial charge in [-0.2, -0.15) is 0 Å². The van der Waals surface area contributed by atoms with Gasteiger partial charge in [-0.3, -0.25) is 9.59 Å². The molecule has 1 aliphatic heterocycles. The molecule has 2 heterocycles. The van der Waals surface area contributed by atoms with Crippen molar-refractivity contribution < 1.29 is 14.3 Å². The molecule has 6 heteroatoms. The summed E-state index contributed by atoms with van der Waals surface area (Å²) in [4.78, 5) is 29.7. The number of ether oxygens (including phenoxy) is 1. The third-order valence-electron chi connectivity index (χ3n) is 3.38. The zero-order chi connectivity index (χ0) is 14.5. The number of carbonyl (C=O) groups is 2. The molecule has 20 heavy (non-hydrogen) atoms. The van der Waals surface area contributed by atoms with Crippen LogP contribution in [0.2, 0.25) is 0 Å². The smallest absolute Gasteiger partial charge is 0.309 e. The van der Waals surface area contributed by atoms with Gasteiger partial charge in [0.15, 0.2) is 0 Å². The Kier molecular flexibility index (Phi) is 5.11. The summed E-state index contributed by atoms with van der Waals surface area (Å²) >= 11 is 3.24. The fourth-order valence-electron chi connectivity index (χ4n) is 2.26. The molecular formula is C14H17BrN2O3. The van der Waals surface area contributed by atoms with Gasteiger partial charge in [-0.05, 0) is 47.8 Å². The third-order valence-corrected chi connectivity index (χ3v) is 3.85. The maximum absolute atomic E-state index is 12.3. The van der Waals surface area contributed by atoms with Crippen molar-refractivity contribution in [3.63, 3.8) is 0 Å². The molecule has 0 bridgehead atoms. The highest BCUT2D eigenvalue weighted by Crippen LogP contribution is 2.20. The summed E-state index contributed by atoms with van der Waals surface area (Å²) in [6.07, 6.45) is 2.88. The Morgan fingerprint density at radius 3 is 2.65 bits per heavy atom. The first-order valence-corrected chi connectivity index (χ1v) is 7.48. The lowest BCUT2D eigenvalue weighted by Gasteiger charge is -2.30. The third kappa shape index (κ3) is 3.56. The molecule has 1 fully saturated rings. The number of rotatable bonds is 3. The first-order chi connectivity index (χ1) is 9.61. The highest BCUT2D eigenvalue weighted by atomic mass is 79.9. The Hall–Kier alpha value is -1.43. The van der Waals surface area contributed by atoms with Crippen LogP contribution in [0, 0.1) is 5.92 Å². The monoisotopic (exact) mass is 340 g/mol. The van der Waals surface area contributed by atoms with E-state index in [2.05, 4.69) is 20.9 Å². The van der Waals surface area contributed by atoms with Crippen molar-refractivity contribution in [3.8, 4) is 0 Å². The number of esters is 1. The molecule has 0 aliphatic carbocycles. The molecule has 1 aliphatic rings. The Morgan fingerprint density at radius 1 is 1.40 bits per heavy atom. The van der Waals surface area contributed by atoms with Gasteiger partial charge in [0.25, 0.3) is 5.91 Å². The summed E-state index contributed by atoms with van der Waals surface area (Å²) in [5.74, 6) is -0.265. The molecule has 1 aromatic heterocycles. The van der Waals surface area contributed by atoms with Crippen LogP contribution in [0.3, 0.4) is 0 Å². The van der Waals surface area contributed by atoms with Crippen molar-refractivity contribution in [1.82, 2.24) is 9.88 Å². The molecule has 0 unspecified atom stereocenters. The van der Waals surface area contributed by atoms with E-state index < -0.39 is 0 Å². The van der Waals surface area contributed by atoms with E-state index in [1.54, 1.807) is 30.2 Å². The van der Waals surface area contributed by atoms with Gasteiger partial charge in [0.2, 0.25) is 0 Å². The molecule has 5 nitrogen and oxygen atoms in total. The average Bonchev–Trinajstić information content (AvgIpc) is 2.48. The number of likely N-dealkylation sites (tertiary alicyclic amines) is 1. The first-order valence-electron chi connectivity index (χ1n) is 6.69. The Morgan fingerprint density at radius 2 is 2.10 bits per heavy atom. The fourth-order valence-corrected chi connectivity index (χ4v) is 2.50. The lowest BCUT2D eigenvalue weighted by atomic mass is 9.96. The van der Waals surface area contributed by atoms with Crippen molar-refractivity contribution >= 4 is 27.8 Å². The van der Waals surface area contributed by atoms with E-state index in [1.807, 2.05) is 0 Å². The quantitative estimate of drug-likeness (QED) is 0.625. The normalized spacial score (nSPS) is 16.0. The zero-order valence-corrected chi connectivity index (χ0v) is 12.9. The van der Waals surface area contributed by atoms with Gasteiger partial charge < -0.3 is 9.64 Å². The molecular weight excluding hydrogens is 324 g/mol. The maximum Gasteiger partial charge on any atom is 0.309 e. The average molecular weight is 341 g/mol. The largest absolute Gasteiger partial charge is 0.466 e. The standard InChI is InChI=1S/C14H17BrN2O3/c1-2-20-14(19)10-5-7-17(8-6-10)13(18)11-3-4-12(15)16-9-11/h3-4,9-10H,2,5-8H2,1H3. The topological polar surface area (TPSA) is 59.5 Å². The van der Waals surface area contributed by atoms with E-state index >= 15 is 0 Å². The van der Waals surface area contributed by atoms with Crippen LogP contribution in [0.1, 0.15) is 30.1 Å². The molecule has 0 radical (unpaired) electrons. The predicted molar refractivity (Wildman–Crippen MR) is 77.2 cm³/mol. The van der Waals surface area contributed by atoms with Gasteiger partial charge in [0, 0.05) is 19.3 Å². The summed E-state index contributed by atoms with van der Waals surface area (Å²) in [6.45, 7) is 3.37. The van der Waals surface area contributed by atoms with Crippen LogP contribution in [0.15, 0.2) is 22.9 Å². The summed E-state index contributed by atoms with van der Waals surface area (Å²) in [6, 6.07) is 3.50. The number of hydrogen-bond acceptors (Lipinski definition) is 4. The van der Waals surface area contributed by atoms with E-state index in [-0.39, 0.29) is 17.8 Å². The number of carbonyl (C=O) groups excluding carboxylic acids is 2. The van der Waals surface area contributed by atoms with Gasteiger partial charge in [-0.15, -0.1) is 0 Å². The number of pyridine rings is 1. The number of nitrogens with zero attached hydrogens (tertiary/aromatic N) is 2. The minimum Gasteiger partial charge on any atom is -0.466 e. The molecule has 1 saturated heterocycles. The van der Waals surface area contributed by atoms with Crippen molar-refractivity contribution in [2.45, 2.75) is 19.8 Å².